The van der Waals surface area contributed by atoms with Crippen LogP contribution >= 0.6 is 11.8 Å². The Bertz CT molecular complexity index is 499. The van der Waals surface area contributed by atoms with Crippen LogP contribution in [0.2, 0.25) is 0 Å². The molecule has 2 aliphatic heterocycles. The van der Waals surface area contributed by atoms with Crippen molar-refractivity contribution in [1.82, 2.24) is 0 Å². The summed E-state index contributed by atoms with van der Waals surface area (Å²) >= 11 is 1.69. The molecular formula is C14H19BO3S. The SMILES string of the molecule is CC1(C)OB(c2ccc3c(c2)SCC3O)OC1(C)C. The zero-order valence-corrected chi connectivity index (χ0v) is 12.6. The summed E-state index contributed by atoms with van der Waals surface area (Å²) in [7, 11) is -0.325. The number of thioether (sulfide) groups is 1. The number of benzene rings is 1. The van der Waals surface area contributed by atoms with Gasteiger partial charge in [0.1, 0.15) is 0 Å². The molecule has 0 spiro atoms. The molecule has 3 rings (SSSR count). The second kappa shape index (κ2) is 4.25. The van der Waals surface area contributed by atoms with Gasteiger partial charge in [-0.3, -0.25) is 0 Å². The van der Waals surface area contributed by atoms with Gasteiger partial charge in [-0.15, -0.1) is 11.8 Å². The molecule has 0 aliphatic carbocycles. The Morgan fingerprint density at radius 1 is 1.21 bits per heavy atom. The summed E-state index contributed by atoms with van der Waals surface area (Å²) < 4.78 is 12.1. The van der Waals surface area contributed by atoms with Crippen LogP contribution in [-0.4, -0.2) is 29.2 Å². The van der Waals surface area contributed by atoms with Gasteiger partial charge in [-0.1, -0.05) is 12.1 Å². The highest BCUT2D eigenvalue weighted by atomic mass is 32.2. The summed E-state index contributed by atoms with van der Waals surface area (Å²) in [6, 6.07) is 6.06. The van der Waals surface area contributed by atoms with Gasteiger partial charge in [0.2, 0.25) is 0 Å². The van der Waals surface area contributed by atoms with Crippen molar-refractivity contribution in [3.63, 3.8) is 0 Å². The summed E-state index contributed by atoms with van der Waals surface area (Å²) in [4.78, 5) is 1.14. The third kappa shape index (κ3) is 2.13. The normalized spacial score (nSPS) is 27.6. The van der Waals surface area contributed by atoms with Crippen LogP contribution in [0.15, 0.2) is 23.1 Å². The van der Waals surface area contributed by atoms with E-state index in [0.29, 0.717) is 0 Å². The lowest BCUT2D eigenvalue weighted by molar-refractivity contribution is 0.00578. The smallest absolute Gasteiger partial charge is 0.399 e. The molecule has 5 heteroatoms. The van der Waals surface area contributed by atoms with Gasteiger partial charge in [-0.25, -0.2) is 0 Å². The molecule has 0 aromatic heterocycles. The van der Waals surface area contributed by atoms with Gasteiger partial charge in [-0.05, 0) is 44.8 Å². The van der Waals surface area contributed by atoms with Gasteiger partial charge in [0.15, 0.2) is 0 Å². The summed E-state index contributed by atoms with van der Waals surface area (Å²) in [6.07, 6.45) is -0.340. The molecule has 1 N–H and O–H groups in total. The highest BCUT2D eigenvalue weighted by Crippen LogP contribution is 2.39. The van der Waals surface area contributed by atoms with Crippen LogP contribution in [-0.2, 0) is 9.31 Å². The number of aliphatic hydroxyl groups excluding tert-OH is 1. The maximum atomic E-state index is 9.82. The molecule has 19 heavy (non-hydrogen) atoms. The molecule has 102 valence electrons. The van der Waals surface area contributed by atoms with Crippen molar-refractivity contribution in [2.75, 3.05) is 5.75 Å². The molecule has 0 radical (unpaired) electrons. The number of fused-ring (bicyclic) bond motifs is 1. The predicted molar refractivity (Wildman–Crippen MR) is 77.8 cm³/mol. The Morgan fingerprint density at radius 3 is 2.47 bits per heavy atom. The van der Waals surface area contributed by atoms with Crippen molar-refractivity contribution >= 4 is 24.3 Å². The minimum atomic E-state index is -0.340. The van der Waals surface area contributed by atoms with Crippen molar-refractivity contribution in [3.05, 3.63) is 23.8 Å². The first-order chi connectivity index (χ1) is 8.80. The Balaban J connectivity index is 1.89. The van der Waals surface area contributed by atoms with E-state index in [9.17, 15) is 5.11 Å². The van der Waals surface area contributed by atoms with Gasteiger partial charge in [0, 0.05) is 10.6 Å². The van der Waals surface area contributed by atoms with Crippen LogP contribution < -0.4 is 5.46 Å². The fourth-order valence-electron chi connectivity index (χ4n) is 2.34. The van der Waals surface area contributed by atoms with E-state index in [-0.39, 0.29) is 24.4 Å². The van der Waals surface area contributed by atoms with Gasteiger partial charge in [0.25, 0.3) is 0 Å². The van der Waals surface area contributed by atoms with E-state index in [1.54, 1.807) is 11.8 Å². The molecule has 1 unspecified atom stereocenters. The van der Waals surface area contributed by atoms with E-state index >= 15 is 0 Å². The van der Waals surface area contributed by atoms with Crippen LogP contribution in [0.4, 0.5) is 0 Å². The van der Waals surface area contributed by atoms with Crippen LogP contribution in [0.25, 0.3) is 0 Å². The maximum Gasteiger partial charge on any atom is 0.494 e. The molecule has 1 fully saturated rings. The molecule has 0 saturated carbocycles. The number of hydrogen-bond donors (Lipinski definition) is 1. The van der Waals surface area contributed by atoms with Crippen LogP contribution in [0.5, 0.6) is 0 Å². The quantitative estimate of drug-likeness (QED) is 0.799. The van der Waals surface area contributed by atoms with Gasteiger partial charge < -0.3 is 14.4 Å². The first-order valence-electron chi connectivity index (χ1n) is 6.60. The Morgan fingerprint density at radius 2 is 1.84 bits per heavy atom. The van der Waals surface area contributed by atoms with E-state index in [0.717, 1.165) is 21.7 Å². The van der Waals surface area contributed by atoms with Crippen molar-refractivity contribution in [1.29, 1.82) is 0 Å². The lowest BCUT2D eigenvalue weighted by Gasteiger charge is -2.32. The zero-order valence-electron chi connectivity index (χ0n) is 11.8. The molecule has 0 amide bonds. The topological polar surface area (TPSA) is 38.7 Å². The third-order valence-corrected chi connectivity index (χ3v) is 5.47. The van der Waals surface area contributed by atoms with Crippen LogP contribution in [0.1, 0.15) is 39.4 Å². The Kier molecular flexibility index (Phi) is 3.02. The first kappa shape index (κ1) is 13.5. The van der Waals surface area contributed by atoms with Crippen LogP contribution in [0.3, 0.4) is 0 Å². The fourth-order valence-corrected chi connectivity index (χ4v) is 3.44. The lowest BCUT2D eigenvalue weighted by Crippen LogP contribution is -2.41. The predicted octanol–water partition coefficient (Wildman–Crippen LogP) is 2.12. The summed E-state index contributed by atoms with van der Waals surface area (Å²) in [5, 5.41) is 9.82. The highest BCUT2D eigenvalue weighted by molar-refractivity contribution is 7.99. The van der Waals surface area contributed by atoms with Crippen molar-refractivity contribution in [3.8, 4) is 0 Å². The summed E-state index contributed by atoms with van der Waals surface area (Å²) in [5.74, 6) is 0.738. The summed E-state index contributed by atoms with van der Waals surface area (Å²) in [5.41, 5.74) is 1.41. The van der Waals surface area contributed by atoms with E-state index in [1.165, 1.54) is 0 Å². The van der Waals surface area contributed by atoms with Crippen LogP contribution in [0, 0.1) is 0 Å². The second-order valence-electron chi connectivity index (χ2n) is 6.21. The number of hydrogen-bond acceptors (Lipinski definition) is 4. The van der Waals surface area contributed by atoms with Crippen molar-refractivity contribution < 1.29 is 14.4 Å². The molecule has 1 atom stereocenters. The maximum absolute atomic E-state index is 9.82. The molecule has 0 bridgehead atoms. The fraction of sp³-hybridized carbons (Fsp3) is 0.571. The molecule has 3 nitrogen and oxygen atoms in total. The molecule has 2 heterocycles. The average molecular weight is 278 g/mol. The van der Waals surface area contributed by atoms with E-state index in [1.807, 2.05) is 12.1 Å². The standard InChI is InChI=1S/C14H19BO3S/c1-13(2)14(3,4)18-15(17-13)9-5-6-10-11(16)8-19-12(10)7-9/h5-7,11,16H,8H2,1-4H3. The summed E-state index contributed by atoms with van der Waals surface area (Å²) in [6.45, 7) is 8.22. The lowest BCUT2D eigenvalue weighted by atomic mass is 9.78. The Hall–Kier alpha value is -0.485. The largest absolute Gasteiger partial charge is 0.494 e. The van der Waals surface area contributed by atoms with Crippen molar-refractivity contribution in [2.45, 2.75) is 49.9 Å². The monoisotopic (exact) mass is 278 g/mol. The highest BCUT2D eigenvalue weighted by Gasteiger charge is 2.51. The zero-order chi connectivity index (χ0) is 13.8. The van der Waals surface area contributed by atoms with E-state index < -0.39 is 0 Å². The Labute approximate surface area is 118 Å². The second-order valence-corrected chi connectivity index (χ2v) is 7.27. The van der Waals surface area contributed by atoms with Gasteiger partial charge >= 0.3 is 7.12 Å². The third-order valence-electron chi connectivity index (χ3n) is 4.32. The van der Waals surface area contributed by atoms with Gasteiger partial charge in [-0.2, -0.15) is 0 Å². The minimum absolute atomic E-state index is 0.316. The molecule has 1 saturated heterocycles. The molecule has 1 aromatic carbocycles. The number of aliphatic hydroxyl groups is 1. The first-order valence-corrected chi connectivity index (χ1v) is 7.59. The van der Waals surface area contributed by atoms with E-state index in [2.05, 4.69) is 33.8 Å². The van der Waals surface area contributed by atoms with E-state index in [4.69, 9.17) is 9.31 Å². The average Bonchev–Trinajstić information content (AvgIpc) is 2.78. The van der Waals surface area contributed by atoms with Crippen molar-refractivity contribution in [2.24, 2.45) is 0 Å². The molecule has 1 aromatic rings. The van der Waals surface area contributed by atoms with Gasteiger partial charge in [0.05, 0.1) is 17.3 Å². The minimum Gasteiger partial charge on any atom is -0.399 e. The number of rotatable bonds is 1. The molecule has 2 aliphatic rings. The molecular weight excluding hydrogens is 259 g/mol.